The minimum Gasteiger partial charge on any atom is -0.434 e. The zero-order valence-electron chi connectivity index (χ0n) is 11.3. The van der Waals surface area contributed by atoms with Gasteiger partial charge in [-0.05, 0) is 18.6 Å². The number of halogens is 2. The number of aryl methyl sites for hydroxylation is 1. The molecule has 4 heteroatoms. The number of nitrogens with one attached hydrogen (secondary N) is 1. The second-order valence-corrected chi connectivity index (χ2v) is 4.58. The summed E-state index contributed by atoms with van der Waals surface area (Å²) in [7, 11) is 0. The topological polar surface area (TPSA) is 21.3 Å². The highest BCUT2D eigenvalue weighted by molar-refractivity contribution is 5.33. The van der Waals surface area contributed by atoms with E-state index < -0.39 is 6.61 Å². The predicted octanol–water partition coefficient (Wildman–Crippen LogP) is 3.89. The number of rotatable bonds is 6. The van der Waals surface area contributed by atoms with Crippen molar-refractivity contribution in [2.24, 2.45) is 0 Å². The summed E-state index contributed by atoms with van der Waals surface area (Å²) in [5, 5.41) is 3.23. The van der Waals surface area contributed by atoms with Crippen LogP contribution in [-0.4, -0.2) is 6.61 Å². The van der Waals surface area contributed by atoms with Crippen LogP contribution >= 0.6 is 0 Å². The standard InChI is InChI=1S/C16H17F2NO/c1-12-6-8-13(9-7-12)10-19-11-14-4-2-3-5-15(14)20-16(17)18/h2-9,16,19H,10-11H2,1H3. The van der Waals surface area contributed by atoms with Crippen molar-refractivity contribution in [1.82, 2.24) is 5.32 Å². The molecule has 0 radical (unpaired) electrons. The molecule has 2 nitrogen and oxygen atoms in total. The highest BCUT2D eigenvalue weighted by Crippen LogP contribution is 2.20. The van der Waals surface area contributed by atoms with Gasteiger partial charge in [-0.25, -0.2) is 0 Å². The molecule has 0 aromatic heterocycles. The Bertz CT molecular complexity index is 540. The predicted molar refractivity (Wildman–Crippen MR) is 74.8 cm³/mol. The fourth-order valence-corrected chi connectivity index (χ4v) is 1.91. The molecule has 0 aliphatic rings. The average Bonchev–Trinajstić information content (AvgIpc) is 2.42. The van der Waals surface area contributed by atoms with Crippen LogP contribution in [0.25, 0.3) is 0 Å². The van der Waals surface area contributed by atoms with E-state index in [1.165, 1.54) is 5.56 Å². The van der Waals surface area contributed by atoms with Crippen LogP contribution in [0.15, 0.2) is 48.5 Å². The number of ether oxygens (including phenoxy) is 1. The highest BCUT2D eigenvalue weighted by Gasteiger charge is 2.08. The average molecular weight is 277 g/mol. The second kappa shape index (κ2) is 7.01. The smallest absolute Gasteiger partial charge is 0.387 e. The van der Waals surface area contributed by atoms with Gasteiger partial charge in [-0.15, -0.1) is 0 Å². The van der Waals surface area contributed by atoms with E-state index in [-0.39, 0.29) is 5.75 Å². The third kappa shape index (κ3) is 4.31. The first-order chi connectivity index (χ1) is 9.65. The van der Waals surface area contributed by atoms with Gasteiger partial charge in [-0.1, -0.05) is 48.0 Å². The summed E-state index contributed by atoms with van der Waals surface area (Å²) in [6.45, 7) is 0.406. The van der Waals surface area contributed by atoms with Gasteiger partial charge in [0.2, 0.25) is 0 Å². The van der Waals surface area contributed by atoms with Crippen molar-refractivity contribution in [3.63, 3.8) is 0 Å². The fraction of sp³-hybridized carbons (Fsp3) is 0.250. The molecule has 0 fully saturated rings. The molecule has 0 heterocycles. The minimum atomic E-state index is -2.80. The van der Waals surface area contributed by atoms with Crippen LogP contribution in [0.1, 0.15) is 16.7 Å². The summed E-state index contributed by atoms with van der Waals surface area (Å²) >= 11 is 0. The van der Waals surface area contributed by atoms with Crippen molar-refractivity contribution >= 4 is 0 Å². The van der Waals surface area contributed by atoms with Crippen molar-refractivity contribution < 1.29 is 13.5 Å². The van der Waals surface area contributed by atoms with Gasteiger partial charge < -0.3 is 10.1 Å². The molecule has 1 N–H and O–H groups in total. The van der Waals surface area contributed by atoms with E-state index in [4.69, 9.17) is 0 Å². The van der Waals surface area contributed by atoms with Crippen molar-refractivity contribution in [2.75, 3.05) is 0 Å². The molecule has 0 saturated heterocycles. The van der Waals surface area contributed by atoms with Gasteiger partial charge >= 0.3 is 6.61 Å². The zero-order chi connectivity index (χ0) is 14.4. The third-order valence-corrected chi connectivity index (χ3v) is 2.95. The van der Waals surface area contributed by atoms with Crippen LogP contribution < -0.4 is 10.1 Å². The molecule has 0 bridgehead atoms. The molecule has 0 spiro atoms. The van der Waals surface area contributed by atoms with E-state index in [0.717, 1.165) is 11.1 Å². The third-order valence-electron chi connectivity index (χ3n) is 2.95. The van der Waals surface area contributed by atoms with Crippen LogP contribution in [0.3, 0.4) is 0 Å². The van der Waals surface area contributed by atoms with Crippen molar-refractivity contribution in [3.8, 4) is 5.75 Å². The first-order valence-electron chi connectivity index (χ1n) is 6.44. The van der Waals surface area contributed by atoms with Crippen molar-refractivity contribution in [1.29, 1.82) is 0 Å². The van der Waals surface area contributed by atoms with Crippen molar-refractivity contribution in [3.05, 3.63) is 65.2 Å². The maximum absolute atomic E-state index is 12.3. The first-order valence-corrected chi connectivity index (χ1v) is 6.44. The Morgan fingerprint density at radius 2 is 1.70 bits per heavy atom. The Labute approximate surface area is 117 Å². The lowest BCUT2D eigenvalue weighted by atomic mass is 10.1. The van der Waals surface area contributed by atoms with Crippen LogP contribution in [0, 0.1) is 6.92 Å². The van der Waals surface area contributed by atoms with Gasteiger partial charge in [0.15, 0.2) is 0 Å². The maximum atomic E-state index is 12.3. The summed E-state index contributed by atoms with van der Waals surface area (Å²) < 4.78 is 29.1. The fourth-order valence-electron chi connectivity index (χ4n) is 1.91. The lowest BCUT2D eigenvalue weighted by molar-refractivity contribution is -0.0505. The van der Waals surface area contributed by atoms with Gasteiger partial charge in [-0.2, -0.15) is 8.78 Å². The minimum absolute atomic E-state index is 0.221. The Kier molecular flexibility index (Phi) is 5.07. The molecule has 0 aliphatic heterocycles. The van der Waals surface area contributed by atoms with E-state index in [2.05, 4.69) is 10.1 Å². The summed E-state index contributed by atoms with van der Waals surface area (Å²) in [6.07, 6.45) is 0. The zero-order valence-corrected chi connectivity index (χ0v) is 11.3. The van der Waals surface area contributed by atoms with E-state index in [0.29, 0.717) is 13.1 Å². The summed E-state index contributed by atoms with van der Waals surface area (Å²) in [4.78, 5) is 0. The molecule has 2 rings (SSSR count). The quantitative estimate of drug-likeness (QED) is 0.865. The summed E-state index contributed by atoms with van der Waals surface area (Å²) in [5.41, 5.74) is 3.09. The SMILES string of the molecule is Cc1ccc(CNCc2ccccc2OC(F)F)cc1. The number of benzene rings is 2. The van der Waals surface area contributed by atoms with Gasteiger partial charge in [0.25, 0.3) is 0 Å². The summed E-state index contributed by atoms with van der Waals surface area (Å²) in [6, 6.07) is 15.0. The normalized spacial score (nSPS) is 10.8. The van der Waals surface area contributed by atoms with Crippen molar-refractivity contribution in [2.45, 2.75) is 26.6 Å². The number of alkyl halides is 2. The monoisotopic (exact) mass is 277 g/mol. The van der Waals surface area contributed by atoms with E-state index >= 15 is 0 Å². The molecule has 0 atom stereocenters. The lowest BCUT2D eigenvalue weighted by Crippen LogP contribution is -2.14. The molecular weight excluding hydrogens is 260 g/mol. The van der Waals surface area contributed by atoms with Gasteiger partial charge in [0, 0.05) is 18.7 Å². The molecule has 0 saturated carbocycles. The Morgan fingerprint density at radius 3 is 2.40 bits per heavy atom. The summed E-state index contributed by atoms with van der Waals surface area (Å²) in [5.74, 6) is 0.221. The van der Waals surface area contributed by atoms with Gasteiger partial charge in [0.1, 0.15) is 5.75 Å². The molecular formula is C16H17F2NO. The Hall–Kier alpha value is -1.94. The molecule has 106 valence electrons. The molecule has 0 aliphatic carbocycles. The van der Waals surface area contributed by atoms with Gasteiger partial charge in [0.05, 0.1) is 0 Å². The lowest BCUT2D eigenvalue weighted by Gasteiger charge is -2.11. The van der Waals surface area contributed by atoms with Crippen LogP contribution in [0.4, 0.5) is 8.78 Å². The molecule has 20 heavy (non-hydrogen) atoms. The number of para-hydroxylation sites is 1. The molecule has 2 aromatic rings. The number of hydrogen-bond donors (Lipinski definition) is 1. The Morgan fingerprint density at radius 1 is 1.00 bits per heavy atom. The van der Waals surface area contributed by atoms with Crippen LogP contribution in [0.2, 0.25) is 0 Å². The Balaban J connectivity index is 1.92. The largest absolute Gasteiger partial charge is 0.434 e. The maximum Gasteiger partial charge on any atom is 0.387 e. The van der Waals surface area contributed by atoms with Crippen LogP contribution in [-0.2, 0) is 13.1 Å². The molecule has 0 amide bonds. The van der Waals surface area contributed by atoms with E-state index in [1.807, 2.05) is 31.2 Å². The molecule has 0 unspecified atom stereocenters. The first kappa shape index (κ1) is 14.5. The second-order valence-electron chi connectivity index (χ2n) is 4.58. The van der Waals surface area contributed by atoms with E-state index in [1.54, 1.807) is 24.3 Å². The highest BCUT2D eigenvalue weighted by atomic mass is 19.3. The molecule has 2 aromatic carbocycles. The number of hydrogen-bond acceptors (Lipinski definition) is 2. The van der Waals surface area contributed by atoms with E-state index in [9.17, 15) is 8.78 Å². The van der Waals surface area contributed by atoms with Crippen LogP contribution in [0.5, 0.6) is 5.75 Å². The van der Waals surface area contributed by atoms with Gasteiger partial charge in [-0.3, -0.25) is 0 Å².